The van der Waals surface area contributed by atoms with Crippen molar-refractivity contribution in [3.8, 4) is 0 Å². The minimum Gasteiger partial charge on any atom is -0.387 e. The molecule has 1 amide bonds. The van der Waals surface area contributed by atoms with Crippen molar-refractivity contribution in [3.63, 3.8) is 0 Å². The summed E-state index contributed by atoms with van der Waals surface area (Å²) in [6, 6.07) is -0.885. The molecule has 364 valence electrons. The van der Waals surface area contributed by atoms with Gasteiger partial charge in [-0.3, -0.25) is 13.8 Å². The van der Waals surface area contributed by atoms with Gasteiger partial charge < -0.3 is 21.1 Å². The van der Waals surface area contributed by atoms with E-state index in [2.05, 4.69) is 55.6 Å². The minimum atomic E-state index is -4.36. The highest BCUT2D eigenvalue weighted by atomic mass is 31.2. The number of unbranched alkanes of at least 4 members (excludes halogenated alkanes) is 31. The van der Waals surface area contributed by atoms with E-state index < -0.39 is 20.0 Å². The fraction of sp³-hybridized carbons (Fsp3) is 0.830. The fourth-order valence-electron chi connectivity index (χ4n) is 7.63. The van der Waals surface area contributed by atoms with Crippen LogP contribution in [0.25, 0.3) is 0 Å². The number of phosphoric ester groups is 1. The Morgan fingerprint density at radius 1 is 0.516 bits per heavy atom. The predicted molar refractivity (Wildman–Crippen MR) is 267 cm³/mol. The van der Waals surface area contributed by atoms with Crippen molar-refractivity contribution in [2.75, 3.05) is 19.8 Å². The highest BCUT2D eigenvalue weighted by molar-refractivity contribution is 7.47. The Balaban J connectivity index is 4.14. The highest BCUT2D eigenvalue weighted by Crippen LogP contribution is 2.43. The summed E-state index contributed by atoms with van der Waals surface area (Å²) in [6.45, 7) is 4.13. The van der Waals surface area contributed by atoms with E-state index in [4.69, 9.17) is 14.8 Å². The van der Waals surface area contributed by atoms with Crippen LogP contribution in [0, 0.1) is 0 Å². The van der Waals surface area contributed by atoms with Crippen molar-refractivity contribution in [1.29, 1.82) is 0 Å². The summed E-state index contributed by atoms with van der Waals surface area (Å²) in [5.74, 6) is -0.207. The van der Waals surface area contributed by atoms with Crippen LogP contribution in [0.2, 0.25) is 0 Å². The van der Waals surface area contributed by atoms with Gasteiger partial charge in [-0.15, -0.1) is 0 Å². The lowest BCUT2D eigenvalue weighted by Gasteiger charge is -2.23. The first-order valence-electron chi connectivity index (χ1n) is 26.3. The molecule has 3 unspecified atom stereocenters. The Bertz CT molecular complexity index is 1110. The van der Waals surface area contributed by atoms with E-state index in [-0.39, 0.29) is 25.7 Å². The zero-order valence-electron chi connectivity index (χ0n) is 40.6. The molecule has 0 bridgehead atoms. The maximum absolute atomic E-state index is 12.8. The number of hydrogen-bond donors (Lipinski definition) is 4. The monoisotopic (exact) mass is 893 g/mol. The molecular weight excluding hydrogens is 792 g/mol. The van der Waals surface area contributed by atoms with Crippen LogP contribution in [0.5, 0.6) is 0 Å². The molecule has 0 aromatic carbocycles. The number of hydrogen-bond acceptors (Lipinski definition) is 6. The largest absolute Gasteiger partial charge is 0.472 e. The number of allylic oxidation sites excluding steroid dienone is 7. The zero-order valence-corrected chi connectivity index (χ0v) is 41.5. The number of phosphoric acid groups is 1. The number of aliphatic hydroxyl groups is 1. The first kappa shape index (κ1) is 60.5. The van der Waals surface area contributed by atoms with Crippen molar-refractivity contribution in [2.45, 2.75) is 264 Å². The maximum Gasteiger partial charge on any atom is 0.472 e. The zero-order chi connectivity index (χ0) is 45.3. The number of nitrogens with one attached hydrogen (secondary N) is 1. The number of nitrogens with two attached hydrogens (primary N) is 1. The van der Waals surface area contributed by atoms with E-state index in [0.29, 0.717) is 6.42 Å². The molecule has 3 atom stereocenters. The molecule has 0 heterocycles. The number of carbonyl (C=O) groups excluding carboxylic acids is 1. The molecule has 0 rings (SSSR count). The average molecular weight is 893 g/mol. The van der Waals surface area contributed by atoms with Gasteiger partial charge in [0.1, 0.15) is 0 Å². The summed E-state index contributed by atoms with van der Waals surface area (Å²) < 4.78 is 22.2. The molecule has 0 aromatic rings. The molecular formula is C53H101N2O6P. The first-order valence-corrected chi connectivity index (χ1v) is 27.8. The lowest BCUT2D eigenvalue weighted by Crippen LogP contribution is -2.45. The molecule has 0 spiro atoms. The Morgan fingerprint density at radius 3 is 1.24 bits per heavy atom. The van der Waals surface area contributed by atoms with Gasteiger partial charge in [0, 0.05) is 13.0 Å². The van der Waals surface area contributed by atoms with Crippen LogP contribution >= 0.6 is 7.82 Å². The van der Waals surface area contributed by atoms with Crippen molar-refractivity contribution in [2.24, 2.45) is 5.73 Å². The third-order valence-electron chi connectivity index (χ3n) is 11.6. The average Bonchev–Trinajstić information content (AvgIpc) is 3.26. The second-order valence-electron chi connectivity index (χ2n) is 17.7. The number of carbonyl (C=O) groups is 1. The molecule has 0 aromatic heterocycles. The molecule has 0 saturated carbocycles. The van der Waals surface area contributed by atoms with Crippen LogP contribution in [-0.2, 0) is 18.4 Å². The molecule has 0 aliphatic heterocycles. The SMILES string of the molecule is CCCCCCCCCC/C=C\CCCCCCCCCCCCCC(=O)NC(COP(=O)(O)OCCN)C(O)/C=C/CC/C=C/CC/C=C/CCCCCCCCCCCC. The predicted octanol–water partition coefficient (Wildman–Crippen LogP) is 15.6. The number of aliphatic hydroxyl groups excluding tert-OH is 1. The smallest absolute Gasteiger partial charge is 0.387 e. The molecule has 9 heteroatoms. The molecule has 0 saturated heterocycles. The quantitative estimate of drug-likeness (QED) is 0.0272. The first-order chi connectivity index (χ1) is 30.4. The van der Waals surface area contributed by atoms with E-state index in [0.717, 1.165) is 44.9 Å². The molecule has 5 N–H and O–H groups in total. The fourth-order valence-corrected chi connectivity index (χ4v) is 8.39. The van der Waals surface area contributed by atoms with Crippen LogP contribution in [0.15, 0.2) is 48.6 Å². The van der Waals surface area contributed by atoms with Gasteiger partial charge in [-0.05, 0) is 70.6 Å². The van der Waals surface area contributed by atoms with Crippen molar-refractivity contribution in [1.82, 2.24) is 5.32 Å². The molecule has 62 heavy (non-hydrogen) atoms. The summed E-state index contributed by atoms with van der Waals surface area (Å²) in [5, 5.41) is 13.7. The summed E-state index contributed by atoms with van der Waals surface area (Å²) in [5.41, 5.74) is 5.39. The second-order valence-corrected chi connectivity index (χ2v) is 19.2. The summed E-state index contributed by atoms with van der Waals surface area (Å²) >= 11 is 0. The van der Waals surface area contributed by atoms with Crippen molar-refractivity contribution < 1.29 is 28.4 Å². The topological polar surface area (TPSA) is 131 Å². The maximum atomic E-state index is 12.8. The minimum absolute atomic E-state index is 0.0712. The Morgan fingerprint density at radius 2 is 0.855 bits per heavy atom. The van der Waals surface area contributed by atoms with Crippen LogP contribution < -0.4 is 11.1 Å². The molecule has 0 aliphatic rings. The van der Waals surface area contributed by atoms with Gasteiger partial charge in [-0.25, -0.2) is 4.57 Å². The molecule has 8 nitrogen and oxygen atoms in total. The van der Waals surface area contributed by atoms with Gasteiger partial charge in [0.2, 0.25) is 5.91 Å². The van der Waals surface area contributed by atoms with E-state index in [1.807, 2.05) is 6.08 Å². The van der Waals surface area contributed by atoms with Gasteiger partial charge in [-0.2, -0.15) is 0 Å². The van der Waals surface area contributed by atoms with Gasteiger partial charge in [0.25, 0.3) is 0 Å². The molecule has 0 fully saturated rings. The van der Waals surface area contributed by atoms with Crippen LogP contribution in [0.4, 0.5) is 0 Å². The normalized spacial score (nSPS) is 14.2. The lowest BCUT2D eigenvalue weighted by molar-refractivity contribution is -0.123. The standard InChI is InChI=1S/C53H101N2O6P/c1-3-5-7-9-11-13-15-17-19-21-23-25-26-27-29-31-33-35-37-39-41-43-45-47-53(57)55-51(50-61-62(58,59)60-49-48-54)52(56)46-44-42-40-38-36-34-32-30-28-24-22-20-18-16-14-12-10-8-6-4-2/h21,23,28,30,36,38,44,46,51-52,56H,3-20,22,24-27,29,31-35,37,39-43,45,47-50,54H2,1-2H3,(H,55,57)(H,58,59)/b23-21-,30-28+,38-36+,46-44+. The third-order valence-corrected chi connectivity index (χ3v) is 12.6. The number of rotatable bonds is 49. The van der Waals surface area contributed by atoms with Crippen molar-refractivity contribution in [3.05, 3.63) is 48.6 Å². The van der Waals surface area contributed by atoms with E-state index in [1.165, 1.54) is 186 Å². The Labute approximate surface area is 383 Å². The lowest BCUT2D eigenvalue weighted by atomic mass is 10.0. The Kier molecular flexibility index (Phi) is 47.7. The van der Waals surface area contributed by atoms with Gasteiger partial charge in [0.15, 0.2) is 0 Å². The van der Waals surface area contributed by atoms with E-state index >= 15 is 0 Å². The van der Waals surface area contributed by atoms with Crippen LogP contribution in [0.1, 0.15) is 251 Å². The van der Waals surface area contributed by atoms with Crippen molar-refractivity contribution >= 4 is 13.7 Å². The van der Waals surface area contributed by atoms with Gasteiger partial charge >= 0.3 is 7.82 Å². The van der Waals surface area contributed by atoms with Gasteiger partial charge in [0.05, 0.1) is 25.4 Å². The number of amides is 1. The van der Waals surface area contributed by atoms with Gasteiger partial charge in [-0.1, -0.05) is 223 Å². The van der Waals surface area contributed by atoms with Crippen LogP contribution in [-0.4, -0.2) is 47.8 Å². The summed E-state index contributed by atoms with van der Waals surface area (Å²) in [7, 11) is -4.36. The summed E-state index contributed by atoms with van der Waals surface area (Å²) in [4.78, 5) is 22.8. The second kappa shape index (κ2) is 48.9. The van der Waals surface area contributed by atoms with E-state index in [1.54, 1.807) is 6.08 Å². The molecule has 0 radical (unpaired) electrons. The summed E-state index contributed by atoms with van der Waals surface area (Å²) in [6.07, 6.45) is 61.8. The third kappa shape index (κ3) is 46.5. The molecule has 0 aliphatic carbocycles. The van der Waals surface area contributed by atoms with Crippen LogP contribution in [0.3, 0.4) is 0 Å². The highest BCUT2D eigenvalue weighted by Gasteiger charge is 2.26. The Hall–Kier alpha value is -1.54. The van der Waals surface area contributed by atoms with E-state index in [9.17, 15) is 19.4 Å².